The second-order valence-electron chi connectivity index (χ2n) is 5.46. The molecule has 1 aromatic rings. The molecule has 19 heavy (non-hydrogen) atoms. The van der Waals surface area contributed by atoms with E-state index in [1.54, 1.807) is 18.0 Å². The molecule has 3 rings (SSSR count). The van der Waals surface area contributed by atoms with E-state index in [-0.39, 0.29) is 0 Å². The zero-order valence-corrected chi connectivity index (χ0v) is 11.5. The smallest absolute Gasteiger partial charge is 0.323 e. The van der Waals surface area contributed by atoms with Crippen molar-refractivity contribution in [1.82, 2.24) is 10.3 Å². The van der Waals surface area contributed by atoms with Crippen molar-refractivity contribution in [3.63, 3.8) is 0 Å². The third-order valence-corrected chi connectivity index (χ3v) is 5.08. The van der Waals surface area contributed by atoms with Gasteiger partial charge >= 0.3 is 5.97 Å². The van der Waals surface area contributed by atoms with Gasteiger partial charge in [-0.05, 0) is 44.2 Å². The first-order valence-corrected chi connectivity index (χ1v) is 7.65. The predicted octanol–water partition coefficient (Wildman–Crippen LogP) is 2.30. The number of pyridine rings is 1. The van der Waals surface area contributed by atoms with Gasteiger partial charge in [-0.1, -0.05) is 6.07 Å². The summed E-state index contributed by atoms with van der Waals surface area (Å²) in [6.07, 6.45) is 6.38. The highest BCUT2D eigenvalue weighted by Crippen LogP contribution is 2.41. The highest BCUT2D eigenvalue weighted by Gasteiger charge is 2.48. The molecule has 2 saturated carbocycles. The maximum atomic E-state index is 11.6. The van der Waals surface area contributed by atoms with Crippen LogP contribution in [0.15, 0.2) is 29.4 Å². The highest BCUT2D eigenvalue weighted by atomic mass is 32.2. The highest BCUT2D eigenvalue weighted by molar-refractivity contribution is 7.99. The Morgan fingerprint density at radius 1 is 1.42 bits per heavy atom. The van der Waals surface area contributed by atoms with Crippen LogP contribution in [0.4, 0.5) is 0 Å². The van der Waals surface area contributed by atoms with Crippen molar-refractivity contribution in [3.05, 3.63) is 24.4 Å². The van der Waals surface area contributed by atoms with E-state index in [2.05, 4.69) is 10.3 Å². The number of rotatable bonds is 5. The van der Waals surface area contributed by atoms with E-state index in [4.69, 9.17) is 0 Å². The molecule has 2 N–H and O–H groups in total. The summed E-state index contributed by atoms with van der Waals surface area (Å²) in [4.78, 5) is 15.9. The normalized spacial score (nSPS) is 30.4. The average molecular weight is 278 g/mol. The van der Waals surface area contributed by atoms with Crippen LogP contribution in [0.3, 0.4) is 0 Å². The van der Waals surface area contributed by atoms with Crippen LogP contribution in [-0.2, 0) is 4.79 Å². The van der Waals surface area contributed by atoms with E-state index in [0.717, 1.165) is 30.7 Å². The van der Waals surface area contributed by atoms with Crippen LogP contribution in [0.25, 0.3) is 0 Å². The van der Waals surface area contributed by atoms with E-state index in [1.807, 2.05) is 18.2 Å². The molecule has 1 aromatic heterocycles. The van der Waals surface area contributed by atoms with Crippen LogP contribution in [0.1, 0.15) is 32.1 Å². The molecule has 2 aliphatic rings. The van der Waals surface area contributed by atoms with Gasteiger partial charge in [0, 0.05) is 17.5 Å². The van der Waals surface area contributed by atoms with Crippen LogP contribution >= 0.6 is 11.8 Å². The fraction of sp³-hybridized carbons (Fsp3) is 0.571. The number of carboxylic acid groups (broad SMARTS) is 1. The van der Waals surface area contributed by atoms with Gasteiger partial charge < -0.3 is 5.11 Å². The van der Waals surface area contributed by atoms with Crippen molar-refractivity contribution in [3.8, 4) is 0 Å². The van der Waals surface area contributed by atoms with Gasteiger partial charge in [-0.25, -0.2) is 4.98 Å². The number of nitrogens with one attached hydrogen (secondary N) is 1. The summed E-state index contributed by atoms with van der Waals surface area (Å²) in [5, 5.41) is 14.2. The molecule has 0 saturated heterocycles. The molecule has 0 aromatic carbocycles. The van der Waals surface area contributed by atoms with E-state index in [9.17, 15) is 9.90 Å². The first kappa shape index (κ1) is 12.9. The Bertz CT molecular complexity index is 464. The number of carboxylic acids is 1. The fourth-order valence-corrected chi connectivity index (χ4v) is 3.92. The molecule has 2 atom stereocenters. The minimum atomic E-state index is -0.701. The number of hydrogen-bond donors (Lipinski definition) is 2. The zero-order valence-electron chi connectivity index (χ0n) is 10.7. The van der Waals surface area contributed by atoms with Gasteiger partial charge in [-0.2, -0.15) is 0 Å². The molecule has 0 spiro atoms. The SMILES string of the molecule is O=C(O)C1(NC2CC2)CCC(Sc2ccccn2)C1. The molecule has 4 nitrogen and oxygen atoms in total. The molecule has 0 amide bonds. The lowest BCUT2D eigenvalue weighted by atomic mass is 9.98. The van der Waals surface area contributed by atoms with Crippen molar-refractivity contribution in [2.45, 2.75) is 54.0 Å². The van der Waals surface area contributed by atoms with Crippen LogP contribution in [-0.4, -0.2) is 32.9 Å². The number of thioether (sulfide) groups is 1. The first-order chi connectivity index (χ1) is 9.18. The van der Waals surface area contributed by atoms with E-state index in [1.165, 1.54) is 0 Å². The molecule has 2 unspecified atom stereocenters. The van der Waals surface area contributed by atoms with E-state index in [0.29, 0.717) is 17.7 Å². The van der Waals surface area contributed by atoms with Crippen molar-refractivity contribution in [1.29, 1.82) is 0 Å². The minimum Gasteiger partial charge on any atom is -0.480 e. The molecule has 1 heterocycles. The predicted molar refractivity (Wildman–Crippen MR) is 74.3 cm³/mol. The third kappa shape index (κ3) is 2.92. The number of hydrogen-bond acceptors (Lipinski definition) is 4. The van der Waals surface area contributed by atoms with Crippen molar-refractivity contribution in [2.24, 2.45) is 0 Å². The largest absolute Gasteiger partial charge is 0.480 e. The molecule has 102 valence electrons. The van der Waals surface area contributed by atoms with E-state index < -0.39 is 11.5 Å². The van der Waals surface area contributed by atoms with Gasteiger partial charge in [0.25, 0.3) is 0 Å². The summed E-state index contributed by atoms with van der Waals surface area (Å²) in [5.74, 6) is -0.691. The Hall–Kier alpha value is -1.07. The maximum absolute atomic E-state index is 11.6. The molecule has 0 radical (unpaired) electrons. The third-order valence-electron chi connectivity index (χ3n) is 3.86. The topological polar surface area (TPSA) is 62.2 Å². The monoisotopic (exact) mass is 278 g/mol. The summed E-state index contributed by atoms with van der Waals surface area (Å²) in [7, 11) is 0. The second-order valence-corrected chi connectivity index (χ2v) is 6.78. The lowest BCUT2D eigenvalue weighted by molar-refractivity contribution is -0.144. The second kappa shape index (κ2) is 5.13. The van der Waals surface area contributed by atoms with Gasteiger partial charge in [0.1, 0.15) is 5.54 Å². The summed E-state index contributed by atoms with van der Waals surface area (Å²) in [6.45, 7) is 0. The Morgan fingerprint density at radius 2 is 2.26 bits per heavy atom. The average Bonchev–Trinajstić information content (AvgIpc) is 3.11. The van der Waals surface area contributed by atoms with Gasteiger partial charge in [-0.15, -0.1) is 11.8 Å². The summed E-state index contributed by atoms with van der Waals surface area (Å²) in [5.41, 5.74) is -0.701. The van der Waals surface area contributed by atoms with Gasteiger partial charge in [0.15, 0.2) is 0 Å². The minimum absolute atomic E-state index is 0.345. The Labute approximate surface area is 117 Å². The van der Waals surface area contributed by atoms with Crippen LogP contribution < -0.4 is 5.32 Å². The van der Waals surface area contributed by atoms with Crippen LogP contribution in [0, 0.1) is 0 Å². The Morgan fingerprint density at radius 3 is 2.89 bits per heavy atom. The first-order valence-electron chi connectivity index (χ1n) is 6.77. The van der Waals surface area contributed by atoms with Crippen molar-refractivity contribution >= 4 is 17.7 Å². The van der Waals surface area contributed by atoms with Crippen LogP contribution in [0.2, 0.25) is 0 Å². The molecule has 2 fully saturated rings. The Balaban J connectivity index is 1.65. The molecular weight excluding hydrogens is 260 g/mol. The fourth-order valence-electron chi connectivity index (χ4n) is 2.69. The number of nitrogens with zero attached hydrogens (tertiary/aromatic N) is 1. The van der Waals surface area contributed by atoms with Gasteiger partial charge in [-0.3, -0.25) is 10.1 Å². The lowest BCUT2D eigenvalue weighted by Crippen LogP contribution is -2.51. The molecule has 2 aliphatic carbocycles. The molecular formula is C14H18N2O2S. The summed E-state index contributed by atoms with van der Waals surface area (Å²) in [6, 6.07) is 6.28. The zero-order chi connectivity index (χ0) is 13.3. The quantitative estimate of drug-likeness (QED) is 0.865. The Kier molecular flexibility index (Phi) is 3.50. The van der Waals surface area contributed by atoms with Crippen molar-refractivity contribution in [2.75, 3.05) is 0 Å². The van der Waals surface area contributed by atoms with E-state index >= 15 is 0 Å². The van der Waals surface area contributed by atoms with Gasteiger partial charge in [0.2, 0.25) is 0 Å². The van der Waals surface area contributed by atoms with Crippen molar-refractivity contribution < 1.29 is 9.90 Å². The molecule has 0 aliphatic heterocycles. The summed E-state index contributed by atoms with van der Waals surface area (Å²) < 4.78 is 0. The lowest BCUT2D eigenvalue weighted by Gasteiger charge is -2.26. The van der Waals surface area contributed by atoms with Gasteiger partial charge in [0.05, 0.1) is 5.03 Å². The molecule has 5 heteroatoms. The molecule has 0 bridgehead atoms. The number of carbonyl (C=O) groups is 1. The summed E-state index contributed by atoms with van der Waals surface area (Å²) >= 11 is 1.70. The number of aliphatic carboxylic acids is 1. The number of aromatic nitrogens is 1. The standard InChI is InChI=1S/C14H18N2O2S/c17-13(18)14(16-10-4-5-10)7-6-11(9-14)19-12-3-1-2-8-15-12/h1-3,8,10-11,16H,4-7,9H2,(H,17,18). The van der Waals surface area contributed by atoms with Crippen LogP contribution in [0.5, 0.6) is 0 Å². The maximum Gasteiger partial charge on any atom is 0.323 e.